The first-order valence-corrected chi connectivity index (χ1v) is 6.88. The molecule has 0 saturated carbocycles. The number of hydrogen-bond donors (Lipinski definition) is 3. The van der Waals surface area contributed by atoms with Crippen LogP contribution in [0.1, 0.15) is 0 Å². The van der Waals surface area contributed by atoms with E-state index >= 15 is 0 Å². The highest BCUT2D eigenvalue weighted by Gasteiger charge is 2.38. The van der Waals surface area contributed by atoms with Crippen LogP contribution in [0.3, 0.4) is 0 Å². The van der Waals surface area contributed by atoms with Crippen molar-refractivity contribution >= 4 is 11.7 Å². The molecule has 0 aliphatic heterocycles. The molecular weight excluding hydrogens is 337 g/mol. The molecule has 130 valence electrons. The van der Waals surface area contributed by atoms with Crippen molar-refractivity contribution in [2.24, 2.45) is 0 Å². The summed E-state index contributed by atoms with van der Waals surface area (Å²) >= 11 is 0. The van der Waals surface area contributed by atoms with Crippen LogP contribution in [0.25, 0.3) is 22.4 Å². The van der Waals surface area contributed by atoms with Crippen LogP contribution in [0.15, 0.2) is 55.0 Å². The van der Waals surface area contributed by atoms with Gasteiger partial charge in [-0.25, -0.2) is 4.79 Å². The average molecular weight is 350 g/mol. The number of H-pyrrole nitrogens is 1. The minimum absolute atomic E-state index is 0.666. The molecule has 9 heteroatoms. The van der Waals surface area contributed by atoms with Crippen molar-refractivity contribution in [1.29, 1.82) is 0 Å². The van der Waals surface area contributed by atoms with Crippen LogP contribution in [0.5, 0.6) is 0 Å². The summed E-state index contributed by atoms with van der Waals surface area (Å²) < 4.78 is 31.7. The van der Waals surface area contributed by atoms with Crippen LogP contribution in [-0.2, 0) is 4.79 Å². The van der Waals surface area contributed by atoms with Gasteiger partial charge in [-0.2, -0.15) is 18.3 Å². The van der Waals surface area contributed by atoms with Crippen LogP contribution in [0, 0.1) is 0 Å². The molecule has 0 aliphatic carbocycles. The number of carbonyl (C=O) groups is 1. The molecule has 1 aromatic carbocycles. The molecule has 0 atom stereocenters. The molecule has 2 aromatic heterocycles. The zero-order valence-electron chi connectivity index (χ0n) is 12.7. The molecule has 3 rings (SSSR count). The molecule has 0 fully saturated rings. The maximum Gasteiger partial charge on any atom is 0.490 e. The summed E-state index contributed by atoms with van der Waals surface area (Å²) in [7, 11) is 0. The number of nitrogens with two attached hydrogens (primary N) is 1. The van der Waals surface area contributed by atoms with Gasteiger partial charge in [-0.1, -0.05) is 18.2 Å². The molecule has 4 N–H and O–H groups in total. The lowest BCUT2D eigenvalue weighted by Gasteiger charge is -2.04. The number of rotatable bonds is 2. The Morgan fingerprint density at radius 3 is 2.32 bits per heavy atom. The Morgan fingerprint density at radius 2 is 1.76 bits per heavy atom. The number of hydrogen-bond acceptors (Lipinski definition) is 4. The minimum Gasteiger partial charge on any atom is -0.475 e. The Balaban J connectivity index is 0.000000277. The Morgan fingerprint density at radius 1 is 1.08 bits per heavy atom. The fraction of sp³-hybridized carbons (Fsp3) is 0.0625. The number of nitrogens with zero attached hydrogens (tertiary/aromatic N) is 2. The van der Waals surface area contributed by atoms with Gasteiger partial charge in [-0.15, -0.1) is 0 Å². The molecule has 0 saturated heterocycles. The molecule has 2 heterocycles. The van der Waals surface area contributed by atoms with Crippen molar-refractivity contribution in [1.82, 2.24) is 15.2 Å². The third-order valence-electron chi connectivity index (χ3n) is 3.01. The fourth-order valence-electron chi connectivity index (χ4n) is 1.90. The van der Waals surface area contributed by atoms with E-state index in [9.17, 15) is 13.2 Å². The Bertz CT molecular complexity index is 849. The van der Waals surface area contributed by atoms with E-state index in [0.717, 1.165) is 22.4 Å². The number of carboxylic acid groups (broad SMARTS) is 1. The number of nitrogen functional groups attached to an aromatic ring is 1. The number of nitrogens with one attached hydrogen (secondary N) is 1. The van der Waals surface area contributed by atoms with Gasteiger partial charge < -0.3 is 10.8 Å². The summed E-state index contributed by atoms with van der Waals surface area (Å²) in [6, 6.07) is 12.0. The predicted octanol–water partition coefficient (Wildman–Crippen LogP) is 3.35. The van der Waals surface area contributed by atoms with Gasteiger partial charge in [-0.05, 0) is 23.8 Å². The highest BCUT2D eigenvalue weighted by Crippen LogP contribution is 2.25. The maximum absolute atomic E-state index is 10.6. The second kappa shape index (κ2) is 7.47. The van der Waals surface area contributed by atoms with Crippen LogP contribution in [0.2, 0.25) is 0 Å². The summed E-state index contributed by atoms with van der Waals surface area (Å²) in [6.07, 6.45) is 0.106. The minimum atomic E-state index is -5.08. The smallest absolute Gasteiger partial charge is 0.475 e. The zero-order chi connectivity index (χ0) is 18.4. The Kier molecular flexibility index (Phi) is 5.38. The Hall–Kier alpha value is -3.36. The molecular formula is C16H13F3N4O2. The van der Waals surface area contributed by atoms with Crippen LogP contribution in [0.4, 0.5) is 18.9 Å². The molecule has 0 bridgehead atoms. The zero-order valence-corrected chi connectivity index (χ0v) is 12.7. The maximum atomic E-state index is 10.6. The second-order valence-corrected chi connectivity index (χ2v) is 4.86. The van der Waals surface area contributed by atoms with Gasteiger partial charge in [0, 0.05) is 29.7 Å². The Labute approximate surface area is 140 Å². The molecule has 6 nitrogen and oxygen atoms in total. The third kappa shape index (κ3) is 5.06. The predicted molar refractivity (Wildman–Crippen MR) is 85.4 cm³/mol. The lowest BCUT2D eigenvalue weighted by Crippen LogP contribution is -2.21. The summed E-state index contributed by atoms with van der Waals surface area (Å²) in [4.78, 5) is 13.0. The number of pyridine rings is 1. The van der Waals surface area contributed by atoms with Gasteiger partial charge >= 0.3 is 12.1 Å². The molecule has 3 aromatic rings. The van der Waals surface area contributed by atoms with Gasteiger partial charge in [0.1, 0.15) is 0 Å². The average Bonchev–Trinajstić information content (AvgIpc) is 3.09. The van der Waals surface area contributed by atoms with Gasteiger partial charge in [0.25, 0.3) is 0 Å². The normalized spacial score (nSPS) is 10.7. The first-order chi connectivity index (χ1) is 11.8. The molecule has 0 aliphatic rings. The number of carboxylic acids is 1. The highest BCUT2D eigenvalue weighted by molar-refractivity contribution is 5.73. The van der Waals surface area contributed by atoms with E-state index in [1.54, 1.807) is 12.4 Å². The molecule has 0 spiro atoms. The van der Waals surface area contributed by atoms with E-state index in [0.29, 0.717) is 5.69 Å². The summed E-state index contributed by atoms with van der Waals surface area (Å²) in [6.45, 7) is 0. The van der Waals surface area contributed by atoms with E-state index in [1.165, 1.54) is 0 Å². The van der Waals surface area contributed by atoms with Crippen LogP contribution >= 0.6 is 0 Å². The number of aromatic amines is 1. The standard InChI is InChI=1S/C14H12N4.C2HF3O2/c15-13-7-12(8-16-9-13)10-2-1-3-11(6-10)14-4-5-17-18-14;3-2(4,5)1(6)7/h1-9H,15H2,(H,17,18);(H,6,7). The van der Waals surface area contributed by atoms with E-state index in [2.05, 4.69) is 21.2 Å². The van der Waals surface area contributed by atoms with E-state index < -0.39 is 12.1 Å². The molecule has 0 amide bonds. The summed E-state index contributed by atoms with van der Waals surface area (Å²) in [5.41, 5.74) is 10.6. The largest absolute Gasteiger partial charge is 0.490 e. The first kappa shape index (κ1) is 18.0. The quantitative estimate of drug-likeness (QED) is 0.657. The third-order valence-corrected chi connectivity index (χ3v) is 3.01. The van der Waals surface area contributed by atoms with Crippen molar-refractivity contribution in [2.45, 2.75) is 6.18 Å². The number of halogens is 3. The van der Waals surface area contributed by atoms with E-state index in [4.69, 9.17) is 15.6 Å². The highest BCUT2D eigenvalue weighted by atomic mass is 19.4. The SMILES string of the molecule is Nc1cncc(-c2cccc(-c3ccn[nH]3)c2)c1.O=C(O)C(F)(F)F. The molecule has 0 unspecified atom stereocenters. The van der Waals surface area contributed by atoms with Crippen molar-refractivity contribution in [3.05, 3.63) is 55.0 Å². The van der Waals surface area contributed by atoms with Gasteiger partial charge in [0.05, 0.1) is 11.4 Å². The number of aliphatic carboxylic acids is 1. The van der Waals surface area contributed by atoms with Gasteiger partial charge in [0.2, 0.25) is 0 Å². The molecule has 0 radical (unpaired) electrons. The van der Waals surface area contributed by atoms with Crippen molar-refractivity contribution in [2.75, 3.05) is 5.73 Å². The molecule has 25 heavy (non-hydrogen) atoms. The summed E-state index contributed by atoms with van der Waals surface area (Å²) in [5, 5.41) is 14.0. The number of anilines is 1. The number of alkyl halides is 3. The van der Waals surface area contributed by atoms with Crippen LogP contribution < -0.4 is 5.73 Å². The van der Waals surface area contributed by atoms with E-state index in [1.807, 2.05) is 36.5 Å². The number of aromatic nitrogens is 3. The fourth-order valence-corrected chi connectivity index (χ4v) is 1.90. The van der Waals surface area contributed by atoms with Crippen LogP contribution in [-0.4, -0.2) is 32.4 Å². The topological polar surface area (TPSA) is 105 Å². The van der Waals surface area contributed by atoms with Gasteiger partial charge in [-0.3, -0.25) is 10.1 Å². The number of benzene rings is 1. The monoisotopic (exact) mass is 350 g/mol. The second-order valence-electron chi connectivity index (χ2n) is 4.86. The van der Waals surface area contributed by atoms with Crippen molar-refractivity contribution < 1.29 is 23.1 Å². The van der Waals surface area contributed by atoms with E-state index in [-0.39, 0.29) is 0 Å². The lowest BCUT2D eigenvalue weighted by molar-refractivity contribution is -0.192. The lowest BCUT2D eigenvalue weighted by atomic mass is 10.0. The van der Waals surface area contributed by atoms with Crippen molar-refractivity contribution in [3.63, 3.8) is 0 Å². The van der Waals surface area contributed by atoms with Crippen molar-refractivity contribution in [3.8, 4) is 22.4 Å². The van der Waals surface area contributed by atoms with Gasteiger partial charge in [0.15, 0.2) is 0 Å². The first-order valence-electron chi connectivity index (χ1n) is 6.88. The summed E-state index contributed by atoms with van der Waals surface area (Å²) in [5.74, 6) is -2.76.